The van der Waals surface area contributed by atoms with Crippen LogP contribution in [0.5, 0.6) is 5.75 Å². The minimum Gasteiger partial charge on any atom is -0.507 e. The second-order valence-electron chi connectivity index (χ2n) is 4.40. The van der Waals surface area contributed by atoms with Gasteiger partial charge in [0, 0.05) is 5.39 Å². The average molecular weight is 274 g/mol. The van der Waals surface area contributed by atoms with Crippen molar-refractivity contribution in [3.8, 4) is 5.75 Å². The molecule has 0 aliphatic heterocycles. The largest absolute Gasteiger partial charge is 0.507 e. The van der Waals surface area contributed by atoms with Crippen LogP contribution in [0.15, 0.2) is 48.5 Å². The van der Waals surface area contributed by atoms with Gasteiger partial charge in [-0.15, -0.1) is 0 Å². The molecule has 3 aromatic carbocycles. The van der Waals surface area contributed by atoms with Gasteiger partial charge in [-0.1, -0.05) is 30.3 Å². The Labute approximate surface area is 109 Å². The maximum absolute atomic E-state index is 11.5. The maximum Gasteiger partial charge on any atom is 0.360 e. The molecule has 0 radical (unpaired) electrons. The van der Waals surface area contributed by atoms with Gasteiger partial charge in [0.05, 0.1) is 0 Å². The standard InChI is InChI=1S/C14H11O4P/c15-13-6-5-11-7-9-3-1-2-4-10(9)8-12(11)14(13)19(16,17)18/h1-8,15H,(H2,16,17,18). The summed E-state index contributed by atoms with van der Waals surface area (Å²) in [5.74, 6) is -0.379. The Morgan fingerprint density at radius 2 is 1.47 bits per heavy atom. The third kappa shape index (κ3) is 2.00. The lowest BCUT2D eigenvalue weighted by atomic mass is 10.0. The summed E-state index contributed by atoms with van der Waals surface area (Å²) in [6.07, 6.45) is 0. The van der Waals surface area contributed by atoms with Gasteiger partial charge < -0.3 is 14.9 Å². The van der Waals surface area contributed by atoms with Gasteiger partial charge in [0.2, 0.25) is 0 Å². The SMILES string of the molecule is O=P(O)(O)c1c(O)ccc2cc3ccccc3cc12. The number of phenols is 1. The highest BCUT2D eigenvalue weighted by Gasteiger charge is 2.24. The van der Waals surface area contributed by atoms with E-state index in [-0.39, 0.29) is 11.1 Å². The molecule has 96 valence electrons. The second-order valence-corrected chi connectivity index (χ2v) is 5.93. The number of rotatable bonds is 1. The van der Waals surface area contributed by atoms with Crippen LogP contribution in [0.1, 0.15) is 0 Å². The van der Waals surface area contributed by atoms with E-state index in [1.165, 1.54) is 6.07 Å². The number of hydrogen-bond acceptors (Lipinski definition) is 2. The first kappa shape index (κ1) is 12.2. The van der Waals surface area contributed by atoms with Crippen molar-refractivity contribution in [1.82, 2.24) is 0 Å². The summed E-state index contributed by atoms with van der Waals surface area (Å²) in [5, 5.41) is 12.3. The number of benzene rings is 3. The Morgan fingerprint density at radius 1 is 0.842 bits per heavy atom. The molecule has 0 amide bonds. The maximum atomic E-state index is 11.5. The van der Waals surface area contributed by atoms with E-state index in [4.69, 9.17) is 0 Å². The van der Waals surface area contributed by atoms with Crippen LogP contribution in [-0.2, 0) is 4.57 Å². The molecule has 0 atom stereocenters. The third-order valence-electron chi connectivity index (χ3n) is 3.13. The van der Waals surface area contributed by atoms with E-state index in [1.807, 2.05) is 30.3 Å². The fraction of sp³-hybridized carbons (Fsp3) is 0. The minimum absolute atomic E-state index is 0.309. The van der Waals surface area contributed by atoms with Crippen LogP contribution in [0.3, 0.4) is 0 Å². The highest BCUT2D eigenvalue weighted by atomic mass is 31.2. The van der Waals surface area contributed by atoms with Crippen LogP contribution < -0.4 is 5.30 Å². The van der Waals surface area contributed by atoms with Crippen LogP contribution in [0.4, 0.5) is 0 Å². The third-order valence-corrected chi connectivity index (χ3v) is 4.18. The predicted molar refractivity (Wildman–Crippen MR) is 74.8 cm³/mol. The summed E-state index contributed by atoms with van der Waals surface area (Å²) in [6, 6.07) is 14.1. The molecule has 3 rings (SSSR count). The smallest absolute Gasteiger partial charge is 0.360 e. The second kappa shape index (κ2) is 4.07. The zero-order chi connectivity index (χ0) is 13.6. The van der Waals surface area contributed by atoms with Crippen molar-refractivity contribution >= 4 is 34.4 Å². The van der Waals surface area contributed by atoms with Gasteiger partial charge in [0.25, 0.3) is 0 Å². The predicted octanol–water partition coefficient (Wildman–Crippen LogP) is 2.50. The van der Waals surface area contributed by atoms with Crippen LogP contribution in [0, 0.1) is 0 Å². The van der Waals surface area contributed by atoms with E-state index in [2.05, 4.69) is 0 Å². The lowest BCUT2D eigenvalue weighted by Crippen LogP contribution is -2.06. The molecular weight excluding hydrogens is 263 g/mol. The fourth-order valence-corrected chi connectivity index (χ4v) is 3.17. The first-order valence-corrected chi connectivity index (χ1v) is 7.28. The molecule has 0 aliphatic carbocycles. The van der Waals surface area contributed by atoms with Crippen molar-refractivity contribution in [2.24, 2.45) is 0 Å². The van der Waals surface area contributed by atoms with Crippen LogP contribution in [0.25, 0.3) is 21.5 Å². The lowest BCUT2D eigenvalue weighted by Gasteiger charge is -2.11. The van der Waals surface area contributed by atoms with E-state index >= 15 is 0 Å². The topological polar surface area (TPSA) is 77.8 Å². The number of fused-ring (bicyclic) bond motifs is 2. The first-order valence-electron chi connectivity index (χ1n) is 5.67. The highest BCUT2D eigenvalue weighted by molar-refractivity contribution is 7.61. The molecule has 0 saturated carbocycles. The van der Waals surface area contributed by atoms with E-state index in [0.717, 1.165) is 10.8 Å². The lowest BCUT2D eigenvalue weighted by molar-refractivity contribution is 0.385. The molecule has 4 nitrogen and oxygen atoms in total. The number of phenolic OH excluding ortho intramolecular Hbond substituents is 1. The van der Waals surface area contributed by atoms with Gasteiger partial charge in [-0.2, -0.15) is 0 Å². The van der Waals surface area contributed by atoms with Gasteiger partial charge >= 0.3 is 7.60 Å². The molecule has 5 heteroatoms. The molecule has 3 aromatic rings. The summed E-state index contributed by atoms with van der Waals surface area (Å²) < 4.78 is 11.5. The van der Waals surface area contributed by atoms with Gasteiger partial charge in [-0.3, -0.25) is 4.57 Å². The number of aromatic hydroxyl groups is 1. The molecule has 0 aromatic heterocycles. The van der Waals surface area contributed by atoms with Gasteiger partial charge in [0.1, 0.15) is 11.1 Å². The fourth-order valence-electron chi connectivity index (χ4n) is 2.29. The van der Waals surface area contributed by atoms with E-state index in [9.17, 15) is 19.5 Å². The monoisotopic (exact) mass is 274 g/mol. The van der Waals surface area contributed by atoms with Crippen molar-refractivity contribution in [2.45, 2.75) is 0 Å². The van der Waals surface area contributed by atoms with Gasteiger partial charge in [-0.25, -0.2) is 0 Å². The molecule has 0 heterocycles. The molecule has 0 unspecified atom stereocenters. The Kier molecular flexibility index (Phi) is 2.61. The minimum atomic E-state index is -4.53. The zero-order valence-electron chi connectivity index (χ0n) is 9.82. The van der Waals surface area contributed by atoms with Gasteiger partial charge in [-0.05, 0) is 34.4 Å². The Hall–Kier alpha value is -1.87. The van der Waals surface area contributed by atoms with E-state index in [0.29, 0.717) is 10.8 Å². The first-order chi connectivity index (χ1) is 8.97. The number of hydrogen-bond donors (Lipinski definition) is 3. The van der Waals surface area contributed by atoms with Crippen LogP contribution >= 0.6 is 7.60 Å². The summed E-state index contributed by atoms with van der Waals surface area (Å²) >= 11 is 0. The molecule has 3 N–H and O–H groups in total. The van der Waals surface area contributed by atoms with E-state index in [1.54, 1.807) is 12.1 Å². The Bertz CT molecular complexity index is 835. The molecule has 0 saturated heterocycles. The van der Waals surface area contributed by atoms with E-state index < -0.39 is 7.60 Å². The summed E-state index contributed by atoms with van der Waals surface area (Å²) in [7, 11) is -4.53. The van der Waals surface area contributed by atoms with Crippen LogP contribution in [0.2, 0.25) is 0 Å². The summed E-state index contributed by atoms with van der Waals surface area (Å²) in [5.41, 5.74) is 0. The highest BCUT2D eigenvalue weighted by Crippen LogP contribution is 2.41. The average Bonchev–Trinajstić information content (AvgIpc) is 2.34. The zero-order valence-corrected chi connectivity index (χ0v) is 10.7. The Morgan fingerprint density at radius 3 is 2.11 bits per heavy atom. The molecule has 19 heavy (non-hydrogen) atoms. The normalized spacial score (nSPS) is 12.1. The van der Waals surface area contributed by atoms with Crippen molar-refractivity contribution in [3.63, 3.8) is 0 Å². The molecule has 0 spiro atoms. The quantitative estimate of drug-likeness (QED) is 0.470. The summed E-state index contributed by atoms with van der Waals surface area (Å²) in [4.78, 5) is 18.8. The van der Waals surface area contributed by atoms with Crippen molar-refractivity contribution in [3.05, 3.63) is 48.5 Å². The molecular formula is C14H11O4P. The van der Waals surface area contributed by atoms with Crippen molar-refractivity contribution in [1.29, 1.82) is 0 Å². The van der Waals surface area contributed by atoms with Crippen molar-refractivity contribution in [2.75, 3.05) is 0 Å². The molecule has 0 bridgehead atoms. The van der Waals surface area contributed by atoms with Crippen molar-refractivity contribution < 1.29 is 19.5 Å². The van der Waals surface area contributed by atoms with Crippen LogP contribution in [-0.4, -0.2) is 14.9 Å². The van der Waals surface area contributed by atoms with Gasteiger partial charge in [0.15, 0.2) is 0 Å². The Balaban J connectivity index is 2.51. The molecule has 0 fully saturated rings. The molecule has 0 aliphatic rings. The summed E-state index contributed by atoms with van der Waals surface area (Å²) in [6.45, 7) is 0.